The molecule has 0 bridgehead atoms. The first-order valence-corrected chi connectivity index (χ1v) is 7.90. The topological polar surface area (TPSA) is 37.4 Å². The Labute approximate surface area is 99.7 Å². The van der Waals surface area contributed by atoms with E-state index in [1.165, 1.54) is 0 Å². The second kappa shape index (κ2) is 4.89. The summed E-state index contributed by atoms with van der Waals surface area (Å²) in [4.78, 5) is 12.0. The van der Waals surface area contributed by atoms with E-state index < -0.39 is 14.1 Å². The Morgan fingerprint density at radius 3 is 2.69 bits per heavy atom. The summed E-state index contributed by atoms with van der Waals surface area (Å²) in [7, 11) is 0. The summed E-state index contributed by atoms with van der Waals surface area (Å²) in [5.41, 5.74) is 0.638. The molecule has 1 unspecified atom stereocenters. The molecular formula is C12H15NO2Se. The van der Waals surface area contributed by atoms with Crippen LogP contribution < -0.4 is 4.46 Å². The number of hydrogen-bond donors (Lipinski definition) is 0. The van der Waals surface area contributed by atoms with Crippen LogP contribution in [0.3, 0.4) is 0 Å². The van der Waals surface area contributed by atoms with Crippen LogP contribution in [-0.2, 0) is 3.83 Å². The number of carbonyl (C=O) groups excluding carboxylic acids is 1. The molecule has 0 aliphatic carbocycles. The number of fused-ring (bicyclic) bond motifs is 1. The van der Waals surface area contributed by atoms with Crippen LogP contribution in [0.1, 0.15) is 36.5 Å². The minimum absolute atomic E-state index is 0.0493. The van der Waals surface area contributed by atoms with E-state index in [1.54, 1.807) is 9.98 Å². The third-order valence-electron chi connectivity index (χ3n) is 2.70. The Morgan fingerprint density at radius 2 is 2.00 bits per heavy atom. The summed E-state index contributed by atoms with van der Waals surface area (Å²) in [6.45, 7) is 2.75. The molecule has 1 atom stereocenters. The molecule has 1 aliphatic rings. The van der Waals surface area contributed by atoms with E-state index in [0.29, 0.717) is 12.1 Å². The predicted octanol–water partition coefficient (Wildman–Crippen LogP) is 1.46. The van der Waals surface area contributed by atoms with Gasteiger partial charge in [-0.2, -0.15) is 0 Å². The van der Waals surface area contributed by atoms with Crippen LogP contribution in [0.5, 0.6) is 0 Å². The maximum absolute atomic E-state index is 12.1. The van der Waals surface area contributed by atoms with E-state index in [2.05, 4.69) is 6.92 Å². The van der Waals surface area contributed by atoms with Crippen molar-refractivity contribution in [2.45, 2.75) is 26.2 Å². The van der Waals surface area contributed by atoms with Gasteiger partial charge >= 0.3 is 99.5 Å². The quantitative estimate of drug-likeness (QED) is 0.620. The number of rotatable bonds is 4. The van der Waals surface area contributed by atoms with Crippen molar-refractivity contribution in [3.8, 4) is 0 Å². The molecule has 1 aromatic carbocycles. The van der Waals surface area contributed by atoms with Crippen LogP contribution in [0.4, 0.5) is 0 Å². The van der Waals surface area contributed by atoms with Crippen LogP contribution in [-0.4, -0.2) is 30.4 Å². The fourth-order valence-corrected chi connectivity index (χ4v) is 4.58. The first kappa shape index (κ1) is 11.5. The molecule has 4 heteroatoms. The summed E-state index contributed by atoms with van der Waals surface area (Å²) in [6, 6.07) is 7.25. The Balaban J connectivity index is 2.15. The molecule has 2 rings (SSSR count). The van der Waals surface area contributed by atoms with Gasteiger partial charge in [-0.3, -0.25) is 0 Å². The maximum atomic E-state index is 12.1. The third-order valence-corrected chi connectivity index (χ3v) is 5.80. The molecule has 0 fully saturated rings. The summed E-state index contributed by atoms with van der Waals surface area (Å²) < 4.78 is 14.4. The summed E-state index contributed by atoms with van der Waals surface area (Å²) in [5, 5.41) is 0. The molecule has 1 aliphatic heterocycles. The molecule has 0 saturated heterocycles. The number of nitrogens with zero attached hydrogens (tertiary/aromatic N) is 1. The molecule has 16 heavy (non-hydrogen) atoms. The van der Waals surface area contributed by atoms with Crippen molar-refractivity contribution < 1.29 is 8.63 Å². The standard InChI is InChI=1S/C12H15NO2Se/c1-2-3-6-9-13-12(14)10-7-4-5-8-11(10)16(13)15/h4-5,7-8H,2-3,6,9H2,1H3. The van der Waals surface area contributed by atoms with E-state index in [0.717, 1.165) is 23.7 Å². The Kier molecular flexibility index (Phi) is 3.52. The second-order valence-electron chi connectivity index (χ2n) is 3.86. The van der Waals surface area contributed by atoms with Gasteiger partial charge in [0.2, 0.25) is 0 Å². The first-order chi connectivity index (χ1) is 7.75. The van der Waals surface area contributed by atoms with Crippen LogP contribution in [0.15, 0.2) is 24.3 Å². The first-order valence-electron chi connectivity index (χ1n) is 5.58. The molecule has 86 valence electrons. The Morgan fingerprint density at radius 1 is 1.25 bits per heavy atom. The zero-order valence-corrected chi connectivity index (χ0v) is 11.0. The third kappa shape index (κ3) is 1.95. The number of amides is 1. The zero-order chi connectivity index (χ0) is 11.5. The van der Waals surface area contributed by atoms with Crippen molar-refractivity contribution in [1.82, 2.24) is 3.92 Å². The van der Waals surface area contributed by atoms with Crippen molar-refractivity contribution >= 4 is 24.4 Å². The normalized spacial score (nSPS) is 18.9. The van der Waals surface area contributed by atoms with Crippen LogP contribution in [0, 0.1) is 0 Å². The van der Waals surface area contributed by atoms with Gasteiger partial charge in [-0.25, -0.2) is 0 Å². The molecule has 3 nitrogen and oxygen atoms in total. The predicted molar refractivity (Wildman–Crippen MR) is 63.1 cm³/mol. The van der Waals surface area contributed by atoms with Gasteiger partial charge in [-0.15, -0.1) is 0 Å². The van der Waals surface area contributed by atoms with Crippen LogP contribution in [0.2, 0.25) is 0 Å². The minimum atomic E-state index is -2.29. The van der Waals surface area contributed by atoms with Crippen molar-refractivity contribution in [3.63, 3.8) is 0 Å². The molecular weight excluding hydrogens is 269 g/mol. The number of benzene rings is 1. The van der Waals surface area contributed by atoms with Crippen molar-refractivity contribution in [2.75, 3.05) is 6.54 Å². The van der Waals surface area contributed by atoms with E-state index in [1.807, 2.05) is 18.2 Å². The van der Waals surface area contributed by atoms with Crippen molar-refractivity contribution in [2.24, 2.45) is 0 Å². The van der Waals surface area contributed by atoms with E-state index in [-0.39, 0.29) is 5.91 Å². The molecule has 1 heterocycles. The zero-order valence-electron chi connectivity index (χ0n) is 9.31. The SMILES string of the molecule is CCCCCN1C(=O)c2ccccc2[Se]1=O. The number of hydrogen-bond acceptors (Lipinski definition) is 2. The van der Waals surface area contributed by atoms with Gasteiger partial charge in [0.05, 0.1) is 0 Å². The van der Waals surface area contributed by atoms with Crippen molar-refractivity contribution in [3.05, 3.63) is 29.8 Å². The number of carbonyl (C=O) groups is 1. The van der Waals surface area contributed by atoms with E-state index in [9.17, 15) is 8.63 Å². The molecule has 1 amide bonds. The van der Waals surface area contributed by atoms with Gasteiger partial charge in [-0.1, -0.05) is 0 Å². The average molecular weight is 284 g/mol. The monoisotopic (exact) mass is 285 g/mol. The molecule has 0 saturated carbocycles. The van der Waals surface area contributed by atoms with Crippen molar-refractivity contribution in [1.29, 1.82) is 0 Å². The summed E-state index contributed by atoms with van der Waals surface area (Å²) in [6.07, 6.45) is 3.13. The summed E-state index contributed by atoms with van der Waals surface area (Å²) >= 11 is -2.29. The van der Waals surface area contributed by atoms with E-state index >= 15 is 0 Å². The summed E-state index contributed by atoms with van der Waals surface area (Å²) in [5.74, 6) is -0.0493. The molecule has 0 spiro atoms. The number of unbranched alkanes of at least 4 members (excludes halogenated alkanes) is 2. The Hall–Kier alpha value is -0.991. The van der Waals surface area contributed by atoms with Gasteiger partial charge in [0.25, 0.3) is 0 Å². The van der Waals surface area contributed by atoms with Crippen LogP contribution >= 0.6 is 0 Å². The molecule has 0 aromatic heterocycles. The average Bonchev–Trinajstić information content (AvgIpc) is 2.55. The fourth-order valence-electron chi connectivity index (χ4n) is 1.81. The molecule has 0 radical (unpaired) electrons. The van der Waals surface area contributed by atoms with Gasteiger partial charge in [-0.05, 0) is 0 Å². The van der Waals surface area contributed by atoms with Gasteiger partial charge < -0.3 is 0 Å². The molecule has 0 N–H and O–H groups in total. The van der Waals surface area contributed by atoms with Gasteiger partial charge in [0.15, 0.2) is 0 Å². The van der Waals surface area contributed by atoms with Crippen LogP contribution in [0.25, 0.3) is 0 Å². The second-order valence-corrected chi connectivity index (χ2v) is 6.75. The van der Waals surface area contributed by atoms with Gasteiger partial charge in [0, 0.05) is 0 Å². The fraction of sp³-hybridized carbons (Fsp3) is 0.417. The van der Waals surface area contributed by atoms with E-state index in [4.69, 9.17) is 0 Å². The molecule has 1 aromatic rings. The Bertz CT molecular complexity index is 396. The van der Waals surface area contributed by atoms with Gasteiger partial charge in [0.1, 0.15) is 0 Å².